The second-order valence-corrected chi connectivity index (χ2v) is 7.78. The second kappa shape index (κ2) is 9.46. The zero-order valence-corrected chi connectivity index (χ0v) is 16.7. The van der Waals surface area contributed by atoms with E-state index in [1.807, 2.05) is 50.2 Å². The van der Waals surface area contributed by atoms with Gasteiger partial charge in [-0.25, -0.2) is 14.4 Å². The van der Waals surface area contributed by atoms with Crippen LogP contribution in [0.3, 0.4) is 0 Å². The highest BCUT2D eigenvalue weighted by Crippen LogP contribution is 2.24. The van der Waals surface area contributed by atoms with Crippen LogP contribution in [0, 0.1) is 12.7 Å². The van der Waals surface area contributed by atoms with Gasteiger partial charge in [0.15, 0.2) is 5.16 Å². The molecule has 0 unspecified atom stereocenters. The molecule has 0 radical (unpaired) electrons. The lowest BCUT2D eigenvalue weighted by Gasteiger charge is -2.12. The van der Waals surface area contributed by atoms with Gasteiger partial charge in [0.05, 0.1) is 10.9 Å². The number of aromatic nitrogens is 2. The fourth-order valence-corrected chi connectivity index (χ4v) is 3.54. The first kappa shape index (κ1) is 20.0. The van der Waals surface area contributed by atoms with Crippen molar-refractivity contribution in [3.8, 4) is 11.3 Å². The quantitative estimate of drug-likeness (QED) is 0.475. The Balaban J connectivity index is 1.57. The van der Waals surface area contributed by atoms with Gasteiger partial charge in [0.1, 0.15) is 5.82 Å². The van der Waals surface area contributed by atoms with Gasteiger partial charge in [0.2, 0.25) is 5.91 Å². The summed E-state index contributed by atoms with van der Waals surface area (Å²) in [7, 11) is 0. The van der Waals surface area contributed by atoms with Crippen molar-refractivity contribution in [2.75, 3.05) is 6.54 Å². The molecule has 3 rings (SSSR count). The molecule has 6 heteroatoms. The molecule has 2 aromatic carbocycles. The maximum Gasteiger partial charge on any atom is 0.233 e. The average molecular weight is 396 g/mol. The number of benzene rings is 2. The van der Waals surface area contributed by atoms with Crippen molar-refractivity contribution in [3.63, 3.8) is 0 Å². The van der Waals surface area contributed by atoms with Gasteiger partial charge in [-0.3, -0.25) is 4.79 Å². The number of nitrogens with zero attached hydrogens (tertiary/aromatic N) is 2. The third-order valence-corrected chi connectivity index (χ3v) is 5.14. The minimum Gasteiger partial charge on any atom is -0.355 e. The summed E-state index contributed by atoms with van der Waals surface area (Å²) in [6.07, 6.45) is 0.655. The molecule has 4 nitrogen and oxygen atoms in total. The minimum absolute atomic E-state index is 0.0709. The molecule has 0 aliphatic heterocycles. The van der Waals surface area contributed by atoms with Crippen LogP contribution in [-0.2, 0) is 11.2 Å². The van der Waals surface area contributed by atoms with E-state index < -0.39 is 0 Å². The molecule has 1 atom stereocenters. The first-order chi connectivity index (χ1) is 13.5. The lowest BCUT2D eigenvalue weighted by molar-refractivity contribution is -0.120. The van der Waals surface area contributed by atoms with Crippen molar-refractivity contribution in [1.82, 2.24) is 15.3 Å². The summed E-state index contributed by atoms with van der Waals surface area (Å²) in [4.78, 5) is 21.4. The molecule has 28 heavy (non-hydrogen) atoms. The predicted molar refractivity (Wildman–Crippen MR) is 111 cm³/mol. The number of halogens is 1. The zero-order chi connectivity index (χ0) is 19.9. The van der Waals surface area contributed by atoms with Gasteiger partial charge in [-0.05, 0) is 44.0 Å². The van der Waals surface area contributed by atoms with E-state index in [0.29, 0.717) is 18.1 Å². The van der Waals surface area contributed by atoms with Gasteiger partial charge in [0, 0.05) is 17.8 Å². The van der Waals surface area contributed by atoms with Crippen molar-refractivity contribution in [2.24, 2.45) is 0 Å². The van der Waals surface area contributed by atoms with Gasteiger partial charge in [-0.2, -0.15) is 0 Å². The Labute approximate surface area is 168 Å². The summed E-state index contributed by atoms with van der Waals surface area (Å²) in [5.41, 5.74) is 3.71. The molecule has 0 saturated carbocycles. The normalized spacial score (nSPS) is 11.8. The number of carbonyl (C=O) groups excluding carboxylic acids is 1. The van der Waals surface area contributed by atoms with E-state index in [0.717, 1.165) is 22.5 Å². The Hall–Kier alpha value is -2.73. The highest BCUT2D eigenvalue weighted by molar-refractivity contribution is 8.00. The predicted octanol–water partition coefficient (Wildman–Crippen LogP) is 4.43. The molecule has 1 heterocycles. The molecule has 1 N–H and O–H groups in total. The molecule has 1 amide bonds. The molecular weight excluding hydrogens is 373 g/mol. The van der Waals surface area contributed by atoms with Crippen LogP contribution in [0.5, 0.6) is 0 Å². The number of rotatable bonds is 7. The lowest BCUT2D eigenvalue weighted by Crippen LogP contribution is -2.32. The van der Waals surface area contributed by atoms with Crippen LogP contribution < -0.4 is 5.32 Å². The summed E-state index contributed by atoms with van der Waals surface area (Å²) in [5, 5.41) is 3.18. The van der Waals surface area contributed by atoms with Crippen LogP contribution in [0.2, 0.25) is 0 Å². The number of thioether (sulfide) groups is 1. The highest BCUT2D eigenvalue weighted by atomic mass is 32.2. The average Bonchev–Trinajstić information content (AvgIpc) is 2.69. The maximum atomic E-state index is 12.9. The van der Waals surface area contributed by atoms with E-state index in [1.54, 1.807) is 12.1 Å². The van der Waals surface area contributed by atoms with E-state index in [1.165, 1.54) is 23.9 Å². The summed E-state index contributed by atoms with van der Waals surface area (Å²) in [6, 6.07) is 18.1. The van der Waals surface area contributed by atoms with Crippen molar-refractivity contribution in [1.29, 1.82) is 0 Å². The molecule has 0 aliphatic rings. The molecule has 0 aliphatic carbocycles. The third kappa shape index (κ3) is 5.63. The maximum absolute atomic E-state index is 12.9. The van der Waals surface area contributed by atoms with E-state index in [4.69, 9.17) is 0 Å². The monoisotopic (exact) mass is 395 g/mol. The first-order valence-electron chi connectivity index (χ1n) is 9.11. The summed E-state index contributed by atoms with van der Waals surface area (Å²) < 4.78 is 12.9. The number of carbonyl (C=O) groups is 1. The number of aryl methyl sites for hydroxylation is 1. The van der Waals surface area contributed by atoms with Gasteiger partial charge in [-0.1, -0.05) is 54.2 Å². The third-order valence-electron chi connectivity index (χ3n) is 4.18. The fraction of sp³-hybridized carbons (Fsp3) is 0.227. The summed E-state index contributed by atoms with van der Waals surface area (Å²) >= 11 is 1.34. The standard InChI is InChI=1S/C22H22FN3OS/c1-15-14-20(18-6-4-3-5-7-18)26-22(25-15)28-16(2)21(27)24-13-12-17-8-10-19(23)11-9-17/h3-11,14,16H,12-13H2,1-2H3,(H,24,27)/t16-/m1/s1. The van der Waals surface area contributed by atoms with Gasteiger partial charge in [0.25, 0.3) is 0 Å². The highest BCUT2D eigenvalue weighted by Gasteiger charge is 2.16. The molecule has 0 spiro atoms. The molecular formula is C22H22FN3OS. The molecule has 0 saturated heterocycles. The first-order valence-corrected chi connectivity index (χ1v) is 9.99. The van der Waals surface area contributed by atoms with Gasteiger partial charge >= 0.3 is 0 Å². The van der Waals surface area contributed by atoms with E-state index in [9.17, 15) is 9.18 Å². The smallest absolute Gasteiger partial charge is 0.233 e. The van der Waals surface area contributed by atoms with Gasteiger partial charge in [-0.15, -0.1) is 0 Å². The van der Waals surface area contributed by atoms with Crippen molar-refractivity contribution < 1.29 is 9.18 Å². The molecule has 3 aromatic rings. The van der Waals surface area contributed by atoms with Crippen LogP contribution in [0.15, 0.2) is 65.8 Å². The van der Waals surface area contributed by atoms with Crippen LogP contribution in [-0.4, -0.2) is 27.7 Å². The number of hydrogen-bond donors (Lipinski definition) is 1. The van der Waals surface area contributed by atoms with E-state index in [2.05, 4.69) is 15.3 Å². The fourth-order valence-electron chi connectivity index (χ4n) is 2.69. The summed E-state index contributed by atoms with van der Waals surface area (Å²) in [5.74, 6) is -0.329. The molecule has 0 bridgehead atoms. The number of hydrogen-bond acceptors (Lipinski definition) is 4. The van der Waals surface area contributed by atoms with Crippen molar-refractivity contribution >= 4 is 17.7 Å². The topological polar surface area (TPSA) is 54.9 Å². The number of nitrogens with one attached hydrogen (secondary N) is 1. The number of amides is 1. The Bertz CT molecular complexity index is 932. The zero-order valence-electron chi connectivity index (χ0n) is 15.9. The Morgan fingerprint density at radius 3 is 2.54 bits per heavy atom. The van der Waals surface area contributed by atoms with Crippen molar-refractivity contribution in [2.45, 2.75) is 30.7 Å². The lowest BCUT2D eigenvalue weighted by atomic mass is 10.1. The second-order valence-electron chi connectivity index (χ2n) is 6.47. The largest absolute Gasteiger partial charge is 0.355 e. The van der Waals surface area contributed by atoms with E-state index in [-0.39, 0.29) is 17.0 Å². The van der Waals surface area contributed by atoms with Gasteiger partial charge < -0.3 is 5.32 Å². The van der Waals surface area contributed by atoms with Crippen LogP contribution >= 0.6 is 11.8 Å². The Kier molecular flexibility index (Phi) is 6.76. The van der Waals surface area contributed by atoms with Crippen LogP contribution in [0.4, 0.5) is 4.39 Å². The van der Waals surface area contributed by atoms with Crippen molar-refractivity contribution in [3.05, 3.63) is 77.7 Å². The molecule has 0 fully saturated rings. The Morgan fingerprint density at radius 1 is 1.11 bits per heavy atom. The van der Waals surface area contributed by atoms with Crippen LogP contribution in [0.1, 0.15) is 18.2 Å². The van der Waals surface area contributed by atoms with E-state index >= 15 is 0 Å². The summed E-state index contributed by atoms with van der Waals surface area (Å²) in [6.45, 7) is 4.26. The molecule has 1 aromatic heterocycles. The Morgan fingerprint density at radius 2 is 1.82 bits per heavy atom. The molecule has 144 valence electrons. The van der Waals surface area contributed by atoms with Crippen LogP contribution in [0.25, 0.3) is 11.3 Å². The minimum atomic E-state index is -0.321. The SMILES string of the molecule is Cc1cc(-c2ccccc2)nc(S[C@H](C)C(=O)NCCc2ccc(F)cc2)n1.